The number of aryl methyl sites for hydroxylation is 2. The molecule has 0 saturated heterocycles. The topological polar surface area (TPSA) is 93.1 Å². The van der Waals surface area contributed by atoms with Crippen LogP contribution in [-0.4, -0.2) is 55.3 Å². The molecule has 2 aromatic carbocycles. The standard InChI is InChI=1S/C37H51FO6/c1-27(23-39)36(41)43-25-33(26-44-37(42)28(2)24-40)9-4-3-7-29-10-12-30(13-11-29)14-15-32-17-19-34-21-31(8-5-6-20-38)16-18-35(34)22-32/h16-19,21-22,29-30,33,39-40H,1-15,20,23-26H2. The molecule has 2 aromatic rings. The van der Waals surface area contributed by atoms with Gasteiger partial charge in [0.25, 0.3) is 0 Å². The predicted molar refractivity (Wildman–Crippen MR) is 173 cm³/mol. The molecule has 0 bridgehead atoms. The molecule has 0 unspecified atom stereocenters. The lowest BCUT2D eigenvalue weighted by molar-refractivity contribution is -0.144. The number of aliphatic hydroxyl groups excluding tert-OH is 2. The maximum Gasteiger partial charge on any atom is 0.335 e. The molecule has 1 saturated carbocycles. The molecular weight excluding hydrogens is 559 g/mol. The Kier molecular flexibility index (Phi) is 15.6. The largest absolute Gasteiger partial charge is 0.462 e. The van der Waals surface area contributed by atoms with Crippen LogP contribution in [0.4, 0.5) is 4.39 Å². The molecule has 2 N–H and O–H groups in total. The summed E-state index contributed by atoms with van der Waals surface area (Å²) in [6.45, 7) is 5.94. The van der Waals surface area contributed by atoms with Crippen molar-refractivity contribution in [3.63, 3.8) is 0 Å². The van der Waals surface area contributed by atoms with Crippen molar-refractivity contribution in [2.24, 2.45) is 17.8 Å². The van der Waals surface area contributed by atoms with E-state index in [-0.39, 0.29) is 37.0 Å². The van der Waals surface area contributed by atoms with Gasteiger partial charge in [0.15, 0.2) is 0 Å². The second-order valence-corrected chi connectivity index (χ2v) is 12.5. The van der Waals surface area contributed by atoms with E-state index in [1.54, 1.807) is 0 Å². The first-order valence-electron chi connectivity index (χ1n) is 16.3. The average molecular weight is 611 g/mol. The normalized spacial score (nSPS) is 16.6. The summed E-state index contributed by atoms with van der Waals surface area (Å²) in [5.74, 6) is 0.0210. The van der Waals surface area contributed by atoms with E-state index in [2.05, 4.69) is 49.6 Å². The van der Waals surface area contributed by atoms with Crippen molar-refractivity contribution in [3.8, 4) is 0 Å². The average Bonchev–Trinajstić information content (AvgIpc) is 3.05. The van der Waals surface area contributed by atoms with Crippen LogP contribution < -0.4 is 0 Å². The van der Waals surface area contributed by atoms with Crippen molar-refractivity contribution in [1.82, 2.24) is 0 Å². The second-order valence-electron chi connectivity index (χ2n) is 12.5. The fraction of sp³-hybridized carbons (Fsp3) is 0.568. The smallest absolute Gasteiger partial charge is 0.335 e. The van der Waals surface area contributed by atoms with E-state index in [9.17, 15) is 14.0 Å². The number of halogens is 1. The number of aliphatic hydroxyl groups is 2. The van der Waals surface area contributed by atoms with E-state index in [1.165, 1.54) is 60.4 Å². The number of benzene rings is 2. The molecule has 0 aromatic heterocycles. The minimum Gasteiger partial charge on any atom is -0.462 e. The predicted octanol–water partition coefficient (Wildman–Crippen LogP) is 7.23. The van der Waals surface area contributed by atoms with Gasteiger partial charge in [0.05, 0.1) is 44.2 Å². The highest BCUT2D eigenvalue weighted by Gasteiger charge is 2.22. The molecule has 0 spiro atoms. The Morgan fingerprint density at radius 2 is 1.27 bits per heavy atom. The zero-order valence-electron chi connectivity index (χ0n) is 26.2. The number of hydrogen-bond acceptors (Lipinski definition) is 6. The highest BCUT2D eigenvalue weighted by atomic mass is 19.1. The number of hydrogen-bond donors (Lipinski definition) is 2. The molecule has 0 amide bonds. The third kappa shape index (κ3) is 12.2. The van der Waals surface area contributed by atoms with Gasteiger partial charge in [-0.15, -0.1) is 0 Å². The van der Waals surface area contributed by atoms with Crippen LogP contribution in [0.1, 0.15) is 81.8 Å². The Hall–Kier alpha value is -3.03. The van der Waals surface area contributed by atoms with Crippen LogP contribution in [0, 0.1) is 17.8 Å². The van der Waals surface area contributed by atoms with Crippen molar-refractivity contribution < 1.29 is 33.7 Å². The van der Waals surface area contributed by atoms with Crippen molar-refractivity contribution in [2.75, 3.05) is 33.1 Å². The Morgan fingerprint density at radius 3 is 1.80 bits per heavy atom. The number of rotatable bonds is 20. The van der Waals surface area contributed by atoms with Crippen molar-refractivity contribution in [1.29, 1.82) is 0 Å². The molecule has 44 heavy (non-hydrogen) atoms. The number of carbonyl (C=O) groups excluding carboxylic acids is 2. The van der Waals surface area contributed by atoms with Crippen molar-refractivity contribution >= 4 is 22.7 Å². The van der Waals surface area contributed by atoms with Crippen LogP contribution in [-0.2, 0) is 31.9 Å². The minimum absolute atomic E-state index is 0.0146. The van der Waals surface area contributed by atoms with E-state index in [0.717, 1.165) is 50.4 Å². The van der Waals surface area contributed by atoms with Crippen molar-refractivity contribution in [3.05, 3.63) is 71.8 Å². The second kappa shape index (κ2) is 19.4. The third-order valence-corrected chi connectivity index (χ3v) is 8.96. The van der Waals surface area contributed by atoms with Crippen LogP contribution in [0.5, 0.6) is 0 Å². The Morgan fingerprint density at radius 1 is 0.750 bits per heavy atom. The molecule has 1 aliphatic rings. The lowest BCUT2D eigenvalue weighted by atomic mass is 9.77. The summed E-state index contributed by atoms with van der Waals surface area (Å²) in [5, 5.41) is 20.7. The van der Waals surface area contributed by atoms with Gasteiger partial charge in [-0.25, -0.2) is 9.59 Å². The first-order chi connectivity index (χ1) is 21.3. The van der Waals surface area contributed by atoms with E-state index in [0.29, 0.717) is 6.42 Å². The number of ether oxygens (including phenoxy) is 2. The van der Waals surface area contributed by atoms with E-state index in [1.807, 2.05) is 0 Å². The summed E-state index contributed by atoms with van der Waals surface area (Å²) >= 11 is 0. The molecule has 0 radical (unpaired) electrons. The maximum atomic E-state index is 12.4. The van der Waals surface area contributed by atoms with E-state index >= 15 is 0 Å². The van der Waals surface area contributed by atoms with Crippen LogP contribution in [0.2, 0.25) is 0 Å². The highest BCUT2D eigenvalue weighted by Crippen LogP contribution is 2.34. The first-order valence-corrected chi connectivity index (χ1v) is 16.3. The zero-order chi connectivity index (χ0) is 31.7. The summed E-state index contributed by atoms with van der Waals surface area (Å²) in [6, 6.07) is 13.5. The number of fused-ring (bicyclic) bond motifs is 1. The molecule has 1 fully saturated rings. The fourth-order valence-corrected chi connectivity index (χ4v) is 6.06. The van der Waals surface area contributed by atoms with Crippen LogP contribution in [0.25, 0.3) is 10.8 Å². The number of carbonyl (C=O) groups is 2. The SMILES string of the molecule is C=C(CO)C(=O)OCC(CCCCC1CCC(CCc2ccc3cc(CCCCF)ccc3c2)CC1)COC(=O)C(=C)CO. The van der Waals surface area contributed by atoms with E-state index < -0.39 is 25.2 Å². The summed E-state index contributed by atoms with van der Waals surface area (Å²) in [6.07, 6.45) is 13.8. The molecule has 6 nitrogen and oxygen atoms in total. The number of esters is 2. The van der Waals surface area contributed by atoms with Gasteiger partial charge in [-0.05, 0) is 72.3 Å². The summed E-state index contributed by atoms with van der Waals surface area (Å²) in [4.78, 5) is 23.8. The summed E-state index contributed by atoms with van der Waals surface area (Å²) in [7, 11) is 0. The van der Waals surface area contributed by atoms with Crippen molar-refractivity contribution in [2.45, 2.75) is 83.5 Å². The van der Waals surface area contributed by atoms with Crippen LogP contribution in [0.15, 0.2) is 60.7 Å². The quantitative estimate of drug-likeness (QED) is 0.0934. The highest BCUT2D eigenvalue weighted by molar-refractivity contribution is 5.88. The molecule has 3 rings (SSSR count). The molecule has 7 heteroatoms. The Labute approximate surface area is 262 Å². The van der Waals surface area contributed by atoms with Gasteiger partial charge in [-0.2, -0.15) is 0 Å². The zero-order valence-corrected chi connectivity index (χ0v) is 26.2. The molecule has 1 aliphatic carbocycles. The molecular formula is C37H51FO6. The number of unbranched alkanes of at least 4 members (excludes halogenated alkanes) is 2. The summed E-state index contributed by atoms with van der Waals surface area (Å²) in [5.41, 5.74) is 2.66. The first kappa shape index (κ1) is 35.4. The van der Waals surface area contributed by atoms with Gasteiger partial charge in [0.1, 0.15) is 0 Å². The van der Waals surface area contributed by atoms with Gasteiger partial charge < -0.3 is 19.7 Å². The molecule has 242 valence electrons. The van der Waals surface area contributed by atoms with Gasteiger partial charge in [0, 0.05) is 5.92 Å². The minimum atomic E-state index is -0.655. The Balaban J connectivity index is 1.36. The number of alkyl halides is 1. The molecule has 0 heterocycles. The van der Waals surface area contributed by atoms with Gasteiger partial charge in [0.2, 0.25) is 0 Å². The maximum absolute atomic E-state index is 12.4. The fourth-order valence-electron chi connectivity index (χ4n) is 6.06. The van der Waals surface area contributed by atoms with Gasteiger partial charge in [-0.1, -0.05) is 94.5 Å². The monoisotopic (exact) mass is 610 g/mol. The lowest BCUT2D eigenvalue weighted by Gasteiger charge is -2.28. The van der Waals surface area contributed by atoms with Crippen LogP contribution >= 0.6 is 0 Å². The van der Waals surface area contributed by atoms with Gasteiger partial charge >= 0.3 is 11.9 Å². The molecule has 0 atom stereocenters. The lowest BCUT2D eigenvalue weighted by Crippen LogP contribution is -2.23. The third-order valence-electron chi connectivity index (χ3n) is 8.96. The summed E-state index contributed by atoms with van der Waals surface area (Å²) < 4.78 is 22.9. The van der Waals surface area contributed by atoms with Gasteiger partial charge in [-0.3, -0.25) is 4.39 Å². The Bertz CT molecular complexity index is 1180. The van der Waals surface area contributed by atoms with Crippen LogP contribution in [0.3, 0.4) is 0 Å². The molecule has 0 aliphatic heterocycles. The van der Waals surface area contributed by atoms with E-state index in [4.69, 9.17) is 19.7 Å².